The van der Waals surface area contributed by atoms with Gasteiger partial charge >= 0.3 is 0 Å². The smallest absolute Gasteiger partial charge is 0.164 e. The minimum absolute atomic E-state index is 0.133. The molecule has 3 aromatic rings. The Morgan fingerprint density at radius 3 is 2.89 bits per heavy atom. The molecule has 1 aromatic carbocycles. The Labute approximate surface area is 103 Å². The summed E-state index contributed by atoms with van der Waals surface area (Å²) in [6.45, 7) is 1.86. The molecule has 0 atom stereocenters. The van der Waals surface area contributed by atoms with E-state index in [2.05, 4.69) is 9.97 Å². The molecule has 0 aliphatic heterocycles. The second-order valence-corrected chi connectivity index (χ2v) is 4.05. The SMILES string of the molecule is Cc1nc2cccnc2n1-c1ccc(N)c(F)c1. The number of nitrogens with two attached hydrogens (primary N) is 1. The highest BCUT2D eigenvalue weighted by molar-refractivity contribution is 5.73. The monoisotopic (exact) mass is 242 g/mol. The standard InChI is InChI=1S/C13H11FN4/c1-8-17-12-3-2-6-16-13(12)18(8)9-4-5-11(15)10(14)7-9/h2-7H,15H2,1H3. The molecule has 0 spiro atoms. The Bertz CT molecular complexity index is 733. The van der Waals surface area contributed by atoms with E-state index < -0.39 is 5.82 Å². The lowest BCUT2D eigenvalue weighted by Gasteiger charge is -2.07. The van der Waals surface area contributed by atoms with Crippen molar-refractivity contribution in [2.45, 2.75) is 6.92 Å². The van der Waals surface area contributed by atoms with E-state index in [-0.39, 0.29) is 5.69 Å². The van der Waals surface area contributed by atoms with E-state index in [1.807, 2.05) is 19.1 Å². The molecule has 0 bridgehead atoms. The molecule has 5 heteroatoms. The summed E-state index contributed by atoms with van der Waals surface area (Å²) in [5.74, 6) is 0.317. The Balaban J connectivity index is 2.30. The third-order valence-electron chi connectivity index (χ3n) is 2.83. The van der Waals surface area contributed by atoms with E-state index in [1.54, 1.807) is 22.9 Å². The summed E-state index contributed by atoms with van der Waals surface area (Å²) in [4.78, 5) is 8.67. The molecular weight excluding hydrogens is 231 g/mol. The predicted octanol–water partition coefficient (Wildman–Crippen LogP) is 2.45. The van der Waals surface area contributed by atoms with Crippen LogP contribution in [0.15, 0.2) is 36.5 Å². The highest BCUT2D eigenvalue weighted by Crippen LogP contribution is 2.21. The molecular formula is C13H11FN4. The highest BCUT2D eigenvalue weighted by atomic mass is 19.1. The molecule has 0 unspecified atom stereocenters. The molecule has 3 rings (SSSR count). The van der Waals surface area contributed by atoms with Crippen molar-refractivity contribution in [3.63, 3.8) is 0 Å². The summed E-state index contributed by atoms with van der Waals surface area (Å²) in [6, 6.07) is 8.38. The topological polar surface area (TPSA) is 56.7 Å². The fraction of sp³-hybridized carbons (Fsp3) is 0.0769. The Kier molecular flexibility index (Phi) is 2.26. The van der Waals surface area contributed by atoms with Gasteiger partial charge in [0.15, 0.2) is 5.65 Å². The van der Waals surface area contributed by atoms with Crippen LogP contribution in [0.5, 0.6) is 0 Å². The second-order valence-electron chi connectivity index (χ2n) is 4.05. The van der Waals surface area contributed by atoms with E-state index >= 15 is 0 Å². The van der Waals surface area contributed by atoms with Gasteiger partial charge in [0, 0.05) is 12.3 Å². The van der Waals surface area contributed by atoms with Crippen LogP contribution in [0, 0.1) is 12.7 Å². The Hall–Kier alpha value is -2.43. The fourth-order valence-electron chi connectivity index (χ4n) is 1.99. The van der Waals surface area contributed by atoms with Gasteiger partial charge in [-0.05, 0) is 31.2 Å². The van der Waals surface area contributed by atoms with Gasteiger partial charge in [-0.2, -0.15) is 0 Å². The molecule has 0 radical (unpaired) electrons. The number of aromatic nitrogens is 3. The molecule has 0 fully saturated rings. The van der Waals surface area contributed by atoms with Crippen molar-refractivity contribution < 1.29 is 4.39 Å². The molecule has 2 aromatic heterocycles. The first kappa shape index (κ1) is 10.7. The number of nitrogen functional groups attached to an aromatic ring is 1. The quantitative estimate of drug-likeness (QED) is 0.667. The van der Waals surface area contributed by atoms with Gasteiger partial charge in [0.2, 0.25) is 0 Å². The Morgan fingerprint density at radius 2 is 2.11 bits per heavy atom. The van der Waals surface area contributed by atoms with E-state index in [0.717, 1.165) is 11.3 Å². The van der Waals surface area contributed by atoms with Crippen molar-refractivity contribution in [1.29, 1.82) is 0 Å². The fourth-order valence-corrected chi connectivity index (χ4v) is 1.99. The lowest BCUT2D eigenvalue weighted by molar-refractivity contribution is 0.631. The van der Waals surface area contributed by atoms with Gasteiger partial charge in [-0.1, -0.05) is 0 Å². The maximum Gasteiger partial charge on any atom is 0.164 e. The molecule has 90 valence electrons. The summed E-state index contributed by atoms with van der Waals surface area (Å²) in [5, 5.41) is 0. The second kappa shape index (κ2) is 3.80. The normalized spacial score (nSPS) is 11.0. The number of hydrogen-bond donors (Lipinski definition) is 1. The number of anilines is 1. The maximum atomic E-state index is 13.5. The zero-order chi connectivity index (χ0) is 12.7. The van der Waals surface area contributed by atoms with Crippen LogP contribution >= 0.6 is 0 Å². The third-order valence-corrected chi connectivity index (χ3v) is 2.83. The number of halogens is 1. The molecule has 4 nitrogen and oxygen atoms in total. The number of rotatable bonds is 1. The first-order valence-corrected chi connectivity index (χ1v) is 5.52. The lowest BCUT2D eigenvalue weighted by atomic mass is 10.2. The maximum absolute atomic E-state index is 13.5. The molecule has 2 N–H and O–H groups in total. The zero-order valence-electron chi connectivity index (χ0n) is 9.76. The first-order valence-electron chi connectivity index (χ1n) is 5.52. The number of pyridine rings is 1. The highest BCUT2D eigenvalue weighted by Gasteiger charge is 2.11. The molecule has 18 heavy (non-hydrogen) atoms. The van der Waals surface area contributed by atoms with Gasteiger partial charge in [-0.15, -0.1) is 0 Å². The van der Waals surface area contributed by atoms with Crippen LogP contribution in [0.25, 0.3) is 16.9 Å². The van der Waals surface area contributed by atoms with Crippen LogP contribution < -0.4 is 5.73 Å². The summed E-state index contributed by atoms with van der Waals surface area (Å²) in [6.07, 6.45) is 1.69. The number of hydrogen-bond acceptors (Lipinski definition) is 3. The molecule has 0 aliphatic carbocycles. The van der Waals surface area contributed by atoms with Crippen LogP contribution in [-0.2, 0) is 0 Å². The molecule has 0 saturated carbocycles. The van der Waals surface area contributed by atoms with Crippen molar-refractivity contribution in [3.8, 4) is 5.69 Å². The van der Waals surface area contributed by atoms with Gasteiger partial charge < -0.3 is 5.73 Å². The van der Waals surface area contributed by atoms with Crippen LogP contribution in [-0.4, -0.2) is 14.5 Å². The largest absolute Gasteiger partial charge is 0.396 e. The van der Waals surface area contributed by atoms with Crippen molar-refractivity contribution in [3.05, 3.63) is 48.2 Å². The van der Waals surface area contributed by atoms with Crippen molar-refractivity contribution in [2.75, 3.05) is 5.73 Å². The number of imidazole rings is 1. The van der Waals surface area contributed by atoms with Crippen molar-refractivity contribution >= 4 is 16.9 Å². The number of aryl methyl sites for hydroxylation is 1. The molecule has 0 amide bonds. The average molecular weight is 242 g/mol. The number of nitrogens with zero attached hydrogens (tertiary/aromatic N) is 3. The molecule has 0 saturated heterocycles. The number of fused-ring (bicyclic) bond motifs is 1. The summed E-state index contributed by atoms with van der Waals surface area (Å²) >= 11 is 0. The van der Waals surface area contributed by atoms with Crippen LogP contribution in [0.1, 0.15) is 5.82 Å². The van der Waals surface area contributed by atoms with Gasteiger partial charge in [0.1, 0.15) is 17.2 Å². The summed E-state index contributed by atoms with van der Waals surface area (Å²) < 4.78 is 15.3. The van der Waals surface area contributed by atoms with Gasteiger partial charge in [-0.3, -0.25) is 4.57 Å². The van der Waals surface area contributed by atoms with Crippen molar-refractivity contribution in [2.24, 2.45) is 0 Å². The van der Waals surface area contributed by atoms with E-state index in [0.29, 0.717) is 11.3 Å². The first-order chi connectivity index (χ1) is 8.66. The molecule has 0 aliphatic rings. The minimum atomic E-state index is -0.440. The number of benzene rings is 1. The van der Waals surface area contributed by atoms with Crippen LogP contribution in [0.4, 0.5) is 10.1 Å². The summed E-state index contributed by atoms with van der Waals surface area (Å²) in [5.41, 5.74) is 7.77. The Morgan fingerprint density at radius 1 is 1.28 bits per heavy atom. The lowest BCUT2D eigenvalue weighted by Crippen LogP contribution is -2.00. The van der Waals surface area contributed by atoms with Crippen LogP contribution in [0.2, 0.25) is 0 Å². The summed E-state index contributed by atoms with van der Waals surface area (Å²) in [7, 11) is 0. The third kappa shape index (κ3) is 1.52. The zero-order valence-corrected chi connectivity index (χ0v) is 9.76. The average Bonchev–Trinajstić information content (AvgIpc) is 2.69. The van der Waals surface area contributed by atoms with E-state index in [4.69, 9.17) is 5.73 Å². The minimum Gasteiger partial charge on any atom is -0.396 e. The van der Waals surface area contributed by atoms with Gasteiger partial charge in [0.25, 0.3) is 0 Å². The van der Waals surface area contributed by atoms with E-state index in [1.165, 1.54) is 6.07 Å². The molecule has 2 heterocycles. The van der Waals surface area contributed by atoms with Gasteiger partial charge in [0.05, 0.1) is 11.4 Å². The van der Waals surface area contributed by atoms with Crippen LogP contribution in [0.3, 0.4) is 0 Å². The van der Waals surface area contributed by atoms with E-state index in [9.17, 15) is 4.39 Å². The predicted molar refractivity (Wildman–Crippen MR) is 68.0 cm³/mol. The van der Waals surface area contributed by atoms with Gasteiger partial charge in [-0.25, -0.2) is 14.4 Å². The van der Waals surface area contributed by atoms with Crippen molar-refractivity contribution in [1.82, 2.24) is 14.5 Å².